The van der Waals surface area contributed by atoms with Gasteiger partial charge < -0.3 is 15.2 Å². The molecule has 0 heterocycles. The Morgan fingerprint density at radius 2 is 2.05 bits per heavy atom. The number of carbonyl (C=O) groups excluding carboxylic acids is 1. The van der Waals surface area contributed by atoms with E-state index in [4.69, 9.17) is 9.84 Å². The van der Waals surface area contributed by atoms with Gasteiger partial charge in [-0.15, -0.1) is 0 Å². The van der Waals surface area contributed by atoms with Crippen LogP contribution in [0.25, 0.3) is 0 Å². The highest BCUT2D eigenvalue weighted by molar-refractivity contribution is 5.76. The summed E-state index contributed by atoms with van der Waals surface area (Å²) in [6.07, 6.45) is 1.83. The van der Waals surface area contributed by atoms with Crippen molar-refractivity contribution >= 4 is 5.91 Å². The summed E-state index contributed by atoms with van der Waals surface area (Å²) in [4.78, 5) is 11.5. The van der Waals surface area contributed by atoms with Crippen LogP contribution in [0.1, 0.15) is 31.7 Å². The summed E-state index contributed by atoms with van der Waals surface area (Å²) in [7, 11) is 0. The van der Waals surface area contributed by atoms with Gasteiger partial charge in [0.1, 0.15) is 5.75 Å². The van der Waals surface area contributed by atoms with Gasteiger partial charge in [0.05, 0.1) is 19.3 Å². The molecule has 1 amide bonds. The van der Waals surface area contributed by atoms with Gasteiger partial charge in [0.2, 0.25) is 5.91 Å². The van der Waals surface area contributed by atoms with Crippen LogP contribution in [0.15, 0.2) is 24.3 Å². The standard InChI is InChI=1S/C15H23NO3/c1-3-13(11-17)16-15(18)5-4-10-19-14-8-6-12(2)7-9-14/h6-9,13,17H,3-5,10-11H2,1-2H3,(H,16,18)/t13-/m0/s1. The zero-order chi connectivity index (χ0) is 14.1. The Bertz CT molecular complexity index is 371. The average molecular weight is 265 g/mol. The van der Waals surface area contributed by atoms with Crippen LogP contribution in [0, 0.1) is 6.92 Å². The monoisotopic (exact) mass is 265 g/mol. The van der Waals surface area contributed by atoms with Gasteiger partial charge in [-0.05, 0) is 31.9 Å². The summed E-state index contributed by atoms with van der Waals surface area (Å²) < 4.78 is 5.54. The van der Waals surface area contributed by atoms with Gasteiger partial charge in [0, 0.05) is 6.42 Å². The van der Waals surface area contributed by atoms with Gasteiger partial charge in [-0.2, -0.15) is 0 Å². The van der Waals surface area contributed by atoms with Crippen molar-refractivity contribution < 1.29 is 14.6 Å². The molecule has 0 radical (unpaired) electrons. The van der Waals surface area contributed by atoms with E-state index in [0.717, 1.165) is 12.2 Å². The van der Waals surface area contributed by atoms with Gasteiger partial charge in [-0.3, -0.25) is 4.79 Å². The Hall–Kier alpha value is -1.55. The Morgan fingerprint density at radius 1 is 1.37 bits per heavy atom. The molecule has 0 aliphatic carbocycles. The van der Waals surface area contributed by atoms with E-state index in [0.29, 0.717) is 19.4 Å². The molecule has 0 saturated carbocycles. The molecule has 19 heavy (non-hydrogen) atoms. The highest BCUT2D eigenvalue weighted by Crippen LogP contribution is 2.11. The Morgan fingerprint density at radius 3 is 2.63 bits per heavy atom. The topological polar surface area (TPSA) is 58.6 Å². The number of aryl methyl sites for hydroxylation is 1. The van der Waals surface area contributed by atoms with Crippen molar-refractivity contribution in [2.75, 3.05) is 13.2 Å². The van der Waals surface area contributed by atoms with E-state index in [2.05, 4.69) is 5.32 Å². The molecule has 2 N–H and O–H groups in total. The fourth-order valence-electron chi connectivity index (χ4n) is 1.63. The molecule has 0 saturated heterocycles. The highest BCUT2D eigenvalue weighted by atomic mass is 16.5. The summed E-state index contributed by atoms with van der Waals surface area (Å²) >= 11 is 0. The molecule has 106 valence electrons. The molecule has 0 spiro atoms. The van der Waals surface area contributed by atoms with Crippen molar-refractivity contribution in [3.05, 3.63) is 29.8 Å². The summed E-state index contributed by atoms with van der Waals surface area (Å²) in [6.45, 7) is 4.47. The van der Waals surface area contributed by atoms with Gasteiger partial charge >= 0.3 is 0 Å². The first kappa shape index (κ1) is 15.5. The Balaban J connectivity index is 2.16. The van der Waals surface area contributed by atoms with Crippen LogP contribution in [0.4, 0.5) is 0 Å². The molecule has 1 aromatic rings. The molecular weight excluding hydrogens is 242 g/mol. The molecule has 0 fully saturated rings. The summed E-state index contributed by atoms with van der Waals surface area (Å²) in [5.41, 5.74) is 1.20. The van der Waals surface area contributed by atoms with E-state index < -0.39 is 0 Å². The Labute approximate surface area is 114 Å². The second-order valence-electron chi connectivity index (χ2n) is 4.62. The van der Waals surface area contributed by atoms with Crippen LogP contribution in [-0.4, -0.2) is 30.3 Å². The minimum absolute atomic E-state index is 0.0118. The van der Waals surface area contributed by atoms with E-state index >= 15 is 0 Å². The highest BCUT2D eigenvalue weighted by Gasteiger charge is 2.08. The molecule has 0 aliphatic heterocycles. The molecule has 1 atom stereocenters. The number of aliphatic hydroxyl groups excluding tert-OH is 1. The van der Waals surface area contributed by atoms with E-state index in [1.807, 2.05) is 38.1 Å². The predicted molar refractivity (Wildman–Crippen MR) is 75.2 cm³/mol. The van der Waals surface area contributed by atoms with Crippen molar-refractivity contribution in [3.63, 3.8) is 0 Å². The van der Waals surface area contributed by atoms with Crippen LogP contribution in [-0.2, 0) is 4.79 Å². The van der Waals surface area contributed by atoms with E-state index in [1.165, 1.54) is 5.56 Å². The molecule has 4 heteroatoms. The Kier molecular flexibility index (Phi) is 6.97. The SMILES string of the molecule is CC[C@@H](CO)NC(=O)CCCOc1ccc(C)cc1. The van der Waals surface area contributed by atoms with Crippen molar-refractivity contribution in [3.8, 4) is 5.75 Å². The third-order valence-corrected chi connectivity index (χ3v) is 2.92. The maximum absolute atomic E-state index is 11.5. The van der Waals surface area contributed by atoms with Crippen molar-refractivity contribution in [1.82, 2.24) is 5.32 Å². The zero-order valence-corrected chi connectivity index (χ0v) is 11.7. The fraction of sp³-hybridized carbons (Fsp3) is 0.533. The maximum atomic E-state index is 11.5. The smallest absolute Gasteiger partial charge is 0.220 e. The van der Waals surface area contributed by atoms with E-state index in [9.17, 15) is 4.79 Å². The number of ether oxygens (including phenoxy) is 1. The van der Waals surface area contributed by atoms with Crippen molar-refractivity contribution in [1.29, 1.82) is 0 Å². The van der Waals surface area contributed by atoms with Gasteiger partial charge in [0.15, 0.2) is 0 Å². The number of benzene rings is 1. The van der Waals surface area contributed by atoms with Crippen molar-refractivity contribution in [2.24, 2.45) is 0 Å². The zero-order valence-electron chi connectivity index (χ0n) is 11.7. The normalized spacial score (nSPS) is 11.9. The van der Waals surface area contributed by atoms with E-state index in [-0.39, 0.29) is 18.6 Å². The summed E-state index contributed by atoms with van der Waals surface area (Å²) in [6, 6.07) is 7.71. The largest absolute Gasteiger partial charge is 0.494 e. The van der Waals surface area contributed by atoms with Crippen molar-refractivity contribution in [2.45, 2.75) is 39.2 Å². The number of aliphatic hydroxyl groups is 1. The number of rotatable bonds is 8. The second-order valence-corrected chi connectivity index (χ2v) is 4.62. The van der Waals surface area contributed by atoms with Gasteiger partial charge in [-0.25, -0.2) is 0 Å². The number of amides is 1. The molecule has 0 unspecified atom stereocenters. The number of carbonyl (C=O) groups is 1. The predicted octanol–water partition coefficient (Wildman–Crippen LogP) is 2.04. The number of hydrogen-bond donors (Lipinski definition) is 2. The lowest BCUT2D eigenvalue weighted by molar-refractivity contribution is -0.122. The summed E-state index contributed by atoms with van der Waals surface area (Å²) in [5.74, 6) is 0.793. The molecule has 1 rings (SSSR count). The van der Waals surface area contributed by atoms with Crippen LogP contribution in [0.2, 0.25) is 0 Å². The maximum Gasteiger partial charge on any atom is 0.220 e. The van der Waals surface area contributed by atoms with E-state index in [1.54, 1.807) is 0 Å². The number of nitrogens with one attached hydrogen (secondary N) is 1. The fourth-order valence-corrected chi connectivity index (χ4v) is 1.63. The number of hydrogen-bond acceptors (Lipinski definition) is 3. The second kappa shape index (κ2) is 8.53. The van der Waals surface area contributed by atoms with Gasteiger partial charge in [0.25, 0.3) is 0 Å². The summed E-state index contributed by atoms with van der Waals surface area (Å²) in [5, 5.41) is 11.8. The first-order valence-electron chi connectivity index (χ1n) is 6.75. The molecule has 1 aromatic carbocycles. The average Bonchev–Trinajstić information content (AvgIpc) is 2.43. The quantitative estimate of drug-likeness (QED) is 0.707. The lowest BCUT2D eigenvalue weighted by Gasteiger charge is -2.13. The lowest BCUT2D eigenvalue weighted by Crippen LogP contribution is -2.36. The molecular formula is C15H23NO3. The minimum Gasteiger partial charge on any atom is -0.494 e. The first-order valence-corrected chi connectivity index (χ1v) is 6.75. The third-order valence-electron chi connectivity index (χ3n) is 2.92. The third kappa shape index (κ3) is 6.25. The minimum atomic E-state index is -0.134. The van der Waals surface area contributed by atoms with Gasteiger partial charge in [-0.1, -0.05) is 24.6 Å². The molecule has 0 aliphatic rings. The van der Waals surface area contributed by atoms with Crippen LogP contribution < -0.4 is 10.1 Å². The molecule has 0 bridgehead atoms. The molecule has 0 aromatic heterocycles. The first-order chi connectivity index (χ1) is 9.15. The van der Waals surface area contributed by atoms with Crippen LogP contribution in [0.3, 0.4) is 0 Å². The lowest BCUT2D eigenvalue weighted by atomic mass is 10.2. The molecule has 4 nitrogen and oxygen atoms in total. The van der Waals surface area contributed by atoms with Crippen LogP contribution in [0.5, 0.6) is 5.75 Å². The van der Waals surface area contributed by atoms with Crippen LogP contribution >= 0.6 is 0 Å².